The number of nitrogens with zero attached hydrogens (tertiary/aromatic N) is 3. The second-order valence-corrected chi connectivity index (χ2v) is 7.61. The molecule has 0 unspecified atom stereocenters. The Kier molecular flexibility index (Phi) is 4.76. The van der Waals surface area contributed by atoms with Crippen molar-refractivity contribution in [2.24, 2.45) is 0 Å². The van der Waals surface area contributed by atoms with Crippen LogP contribution in [0, 0.1) is 0 Å². The van der Waals surface area contributed by atoms with Gasteiger partial charge < -0.3 is 19.9 Å². The first-order valence-electron chi connectivity index (χ1n) is 8.56. The molecule has 0 bridgehead atoms. The average molecular weight is 372 g/mol. The van der Waals surface area contributed by atoms with Crippen LogP contribution in [0.25, 0.3) is 0 Å². The first-order valence-corrected chi connectivity index (χ1v) is 8.56. The number of hydrogen-bond acceptors (Lipinski definition) is 5. The summed E-state index contributed by atoms with van der Waals surface area (Å²) >= 11 is 0. The topological polar surface area (TPSA) is 57.7 Å². The third-order valence-electron chi connectivity index (χ3n) is 4.37. The second kappa shape index (κ2) is 6.61. The minimum absolute atomic E-state index is 0.0678. The Balaban J connectivity index is 1.78. The number of nitrogens with one attached hydrogen (secondary N) is 1. The molecule has 1 amide bonds. The fourth-order valence-electron chi connectivity index (χ4n) is 3.22. The summed E-state index contributed by atoms with van der Waals surface area (Å²) in [6.07, 6.45) is -3.91. The zero-order valence-electron chi connectivity index (χ0n) is 15.1. The summed E-state index contributed by atoms with van der Waals surface area (Å²) in [4.78, 5) is 20.0. The molecule has 1 fully saturated rings. The number of rotatable bonds is 0. The maximum atomic E-state index is 12.9. The van der Waals surface area contributed by atoms with E-state index in [4.69, 9.17) is 4.74 Å². The lowest BCUT2D eigenvalue weighted by Gasteiger charge is -2.41. The Labute approximate surface area is 150 Å². The van der Waals surface area contributed by atoms with Crippen molar-refractivity contribution in [2.75, 3.05) is 31.1 Å². The normalized spacial score (nSPS) is 20.9. The van der Waals surface area contributed by atoms with Crippen LogP contribution in [0.5, 0.6) is 0 Å². The van der Waals surface area contributed by atoms with Crippen LogP contribution >= 0.6 is 0 Å². The number of pyridine rings is 1. The molecule has 2 aliphatic rings. The fraction of sp³-hybridized carbons (Fsp3) is 0.647. The molecule has 0 aromatic carbocycles. The van der Waals surface area contributed by atoms with Crippen molar-refractivity contribution in [3.8, 4) is 0 Å². The van der Waals surface area contributed by atoms with Gasteiger partial charge in [-0.25, -0.2) is 9.78 Å². The number of alkyl halides is 3. The maximum absolute atomic E-state index is 12.9. The average Bonchev–Trinajstić information content (AvgIpc) is 2.70. The van der Waals surface area contributed by atoms with Gasteiger partial charge in [0.05, 0.1) is 11.6 Å². The van der Waals surface area contributed by atoms with Crippen molar-refractivity contribution >= 4 is 11.9 Å². The summed E-state index contributed by atoms with van der Waals surface area (Å²) in [5.74, 6) is 0.553. The van der Waals surface area contributed by atoms with Gasteiger partial charge in [0.2, 0.25) is 0 Å². The molecule has 144 valence electrons. The Bertz CT molecular complexity index is 688. The molecule has 1 aromatic heterocycles. The van der Waals surface area contributed by atoms with E-state index in [-0.39, 0.29) is 12.1 Å². The van der Waals surface area contributed by atoms with Crippen LogP contribution in [0.1, 0.15) is 31.9 Å². The Morgan fingerprint density at radius 1 is 1.31 bits per heavy atom. The molecule has 3 heterocycles. The van der Waals surface area contributed by atoms with E-state index >= 15 is 0 Å². The quantitative estimate of drug-likeness (QED) is 0.759. The van der Waals surface area contributed by atoms with E-state index in [0.29, 0.717) is 44.1 Å². The van der Waals surface area contributed by atoms with Crippen LogP contribution in [-0.2, 0) is 17.5 Å². The van der Waals surface area contributed by atoms with E-state index in [9.17, 15) is 18.0 Å². The molecule has 26 heavy (non-hydrogen) atoms. The highest BCUT2D eigenvalue weighted by Crippen LogP contribution is 2.33. The van der Waals surface area contributed by atoms with Gasteiger partial charge in [0.15, 0.2) is 0 Å². The molecule has 6 nitrogen and oxygen atoms in total. The third-order valence-corrected chi connectivity index (χ3v) is 4.37. The number of aromatic nitrogens is 1. The van der Waals surface area contributed by atoms with Gasteiger partial charge in [0.25, 0.3) is 0 Å². The molecule has 2 aliphatic heterocycles. The van der Waals surface area contributed by atoms with Gasteiger partial charge in [-0.2, -0.15) is 13.2 Å². The number of carbonyl (C=O) groups is 1. The Morgan fingerprint density at radius 2 is 2.04 bits per heavy atom. The fourth-order valence-corrected chi connectivity index (χ4v) is 3.22. The van der Waals surface area contributed by atoms with Crippen molar-refractivity contribution in [1.82, 2.24) is 15.2 Å². The monoisotopic (exact) mass is 372 g/mol. The number of anilines is 1. The van der Waals surface area contributed by atoms with Crippen molar-refractivity contribution < 1.29 is 22.7 Å². The minimum atomic E-state index is -4.41. The van der Waals surface area contributed by atoms with Gasteiger partial charge >= 0.3 is 12.3 Å². The molecule has 9 heteroatoms. The first kappa shape index (κ1) is 18.8. The molecule has 0 aliphatic carbocycles. The lowest BCUT2D eigenvalue weighted by Crippen LogP contribution is -2.58. The number of hydrogen-bond donors (Lipinski definition) is 1. The molecule has 1 aromatic rings. The summed E-state index contributed by atoms with van der Waals surface area (Å²) in [7, 11) is 0. The van der Waals surface area contributed by atoms with Crippen LogP contribution in [0.4, 0.5) is 23.8 Å². The van der Waals surface area contributed by atoms with E-state index in [2.05, 4.69) is 10.3 Å². The molecule has 1 atom stereocenters. The van der Waals surface area contributed by atoms with Gasteiger partial charge in [-0.15, -0.1) is 0 Å². The minimum Gasteiger partial charge on any atom is -0.444 e. The first-order chi connectivity index (χ1) is 12.0. The summed E-state index contributed by atoms with van der Waals surface area (Å²) in [6, 6.07) is 1.08. The highest BCUT2D eigenvalue weighted by molar-refractivity contribution is 5.69. The van der Waals surface area contributed by atoms with E-state index in [1.165, 1.54) is 0 Å². The summed E-state index contributed by atoms with van der Waals surface area (Å²) in [6.45, 7) is 7.67. The maximum Gasteiger partial charge on any atom is 0.417 e. The van der Waals surface area contributed by atoms with Crippen LogP contribution in [0.3, 0.4) is 0 Å². The molecule has 3 rings (SSSR count). The number of piperazine rings is 1. The predicted molar refractivity (Wildman–Crippen MR) is 89.9 cm³/mol. The van der Waals surface area contributed by atoms with E-state index in [1.54, 1.807) is 4.90 Å². The predicted octanol–water partition coefficient (Wildman–Crippen LogP) is 2.63. The van der Waals surface area contributed by atoms with Gasteiger partial charge in [0, 0.05) is 44.5 Å². The van der Waals surface area contributed by atoms with Crippen LogP contribution in [0.2, 0.25) is 0 Å². The van der Waals surface area contributed by atoms with Gasteiger partial charge in [-0.1, -0.05) is 0 Å². The lowest BCUT2D eigenvalue weighted by atomic mass is 10.1. The number of ether oxygens (including phenoxy) is 1. The van der Waals surface area contributed by atoms with E-state index in [1.807, 2.05) is 25.7 Å². The van der Waals surface area contributed by atoms with Crippen LogP contribution < -0.4 is 10.2 Å². The molecule has 0 saturated carbocycles. The SMILES string of the molecule is CC(C)(C)OC(=O)N1CCN2c3ncc(C(F)(F)F)cc3CNC[C@H]2C1. The number of fused-ring (bicyclic) bond motifs is 3. The van der Waals surface area contributed by atoms with Crippen molar-refractivity contribution in [1.29, 1.82) is 0 Å². The van der Waals surface area contributed by atoms with Crippen LogP contribution in [0.15, 0.2) is 12.3 Å². The van der Waals surface area contributed by atoms with E-state index < -0.39 is 17.3 Å². The smallest absolute Gasteiger partial charge is 0.417 e. The molecular weight excluding hydrogens is 349 g/mol. The highest BCUT2D eigenvalue weighted by Gasteiger charge is 2.36. The van der Waals surface area contributed by atoms with E-state index in [0.717, 1.165) is 12.3 Å². The summed E-state index contributed by atoms with van der Waals surface area (Å²) in [5.41, 5.74) is -0.796. The zero-order chi connectivity index (χ0) is 19.1. The van der Waals surface area contributed by atoms with Crippen molar-refractivity contribution in [3.05, 3.63) is 23.4 Å². The molecule has 0 radical (unpaired) electrons. The number of halogens is 3. The number of amides is 1. The zero-order valence-corrected chi connectivity index (χ0v) is 15.1. The molecule has 1 N–H and O–H groups in total. The summed E-state index contributed by atoms with van der Waals surface area (Å²) in [5, 5.41) is 3.16. The number of carbonyl (C=O) groups excluding carboxylic acids is 1. The highest BCUT2D eigenvalue weighted by atomic mass is 19.4. The summed E-state index contributed by atoms with van der Waals surface area (Å²) < 4.78 is 44.2. The molecule has 1 saturated heterocycles. The Hall–Kier alpha value is -2.03. The molecule has 0 spiro atoms. The van der Waals surface area contributed by atoms with Gasteiger partial charge in [-0.3, -0.25) is 0 Å². The van der Waals surface area contributed by atoms with Gasteiger partial charge in [-0.05, 0) is 26.8 Å². The molecular formula is C17H23F3N4O2. The lowest BCUT2D eigenvalue weighted by molar-refractivity contribution is -0.137. The standard InChI is InChI=1S/C17H23F3N4O2/c1-16(2,3)26-15(25)23-4-5-24-13(10-23)9-21-7-11-6-12(17(18,19)20)8-22-14(11)24/h6,8,13,21H,4-5,7,9-10H2,1-3H3/t13-/m0/s1. The van der Waals surface area contributed by atoms with Gasteiger partial charge in [0.1, 0.15) is 11.4 Å². The van der Waals surface area contributed by atoms with Crippen molar-refractivity contribution in [2.45, 2.75) is 45.1 Å². The Morgan fingerprint density at radius 3 is 2.69 bits per heavy atom. The van der Waals surface area contributed by atoms with Crippen LogP contribution in [-0.4, -0.2) is 53.8 Å². The second-order valence-electron chi connectivity index (χ2n) is 7.61. The van der Waals surface area contributed by atoms with Crippen molar-refractivity contribution in [3.63, 3.8) is 0 Å². The largest absolute Gasteiger partial charge is 0.444 e. The third kappa shape index (κ3) is 4.03.